The zero-order valence-electron chi connectivity index (χ0n) is 15.9. The van der Waals surface area contributed by atoms with Crippen molar-refractivity contribution in [2.75, 3.05) is 0 Å². The predicted molar refractivity (Wildman–Crippen MR) is 104 cm³/mol. The Morgan fingerprint density at radius 3 is 1.58 bits per heavy atom. The van der Waals surface area contributed by atoms with Crippen LogP contribution in [0.2, 0.25) is 0 Å². The molecule has 0 spiro atoms. The molecule has 0 heterocycles. The van der Waals surface area contributed by atoms with E-state index < -0.39 is 12.0 Å². The Bertz CT molecular complexity index is 294. The van der Waals surface area contributed by atoms with Crippen LogP contribution in [0.3, 0.4) is 0 Å². The lowest BCUT2D eigenvalue weighted by atomic mass is 10.0. The van der Waals surface area contributed by atoms with Gasteiger partial charge in [-0.05, 0) is 20.3 Å². The number of hydrogen-bond acceptors (Lipinski definition) is 4. The second-order valence-electron chi connectivity index (χ2n) is 6.75. The molecule has 3 unspecified atom stereocenters. The lowest BCUT2D eigenvalue weighted by Gasteiger charge is -2.35. The molecule has 5 N–H and O–H groups in total. The van der Waals surface area contributed by atoms with E-state index in [4.69, 9.17) is 11.5 Å². The fourth-order valence-electron chi connectivity index (χ4n) is 3.16. The van der Waals surface area contributed by atoms with E-state index in [2.05, 4.69) is 6.92 Å². The zero-order valence-corrected chi connectivity index (χ0v) is 16.7. The zero-order chi connectivity index (χ0) is 17.7. The molecule has 0 aromatic rings. The second-order valence-corrected chi connectivity index (χ2v) is 6.75. The number of nitrogens with zero attached hydrogens (tertiary/aromatic N) is 1. The van der Waals surface area contributed by atoms with Crippen molar-refractivity contribution in [3.63, 3.8) is 0 Å². The number of carboxylic acid groups (broad SMARTS) is 1. The fraction of sp³-hybridized carbons (Fsp3) is 0.944. The number of carbonyl (C=O) groups is 1. The molecule has 0 aromatic carbocycles. The molecule has 0 fully saturated rings. The molecular weight excluding hydrogens is 326 g/mol. The third kappa shape index (κ3) is 12.1. The summed E-state index contributed by atoms with van der Waals surface area (Å²) in [4.78, 5) is 13.2. The molecular formula is C18H40ClN3O2. The molecule has 0 amide bonds. The first-order chi connectivity index (χ1) is 10.9. The van der Waals surface area contributed by atoms with Crippen LogP contribution in [0.15, 0.2) is 0 Å². The van der Waals surface area contributed by atoms with Crippen molar-refractivity contribution < 1.29 is 9.90 Å². The Hall–Kier alpha value is -0.360. The number of carboxylic acids is 1. The van der Waals surface area contributed by atoms with Crippen molar-refractivity contribution in [3.8, 4) is 0 Å². The van der Waals surface area contributed by atoms with Crippen molar-refractivity contribution >= 4 is 18.4 Å². The van der Waals surface area contributed by atoms with Gasteiger partial charge in [0.1, 0.15) is 6.04 Å². The molecule has 5 nitrogen and oxygen atoms in total. The maximum absolute atomic E-state index is 11.5. The van der Waals surface area contributed by atoms with Crippen LogP contribution < -0.4 is 11.5 Å². The van der Waals surface area contributed by atoms with Gasteiger partial charge in [0.05, 0.1) is 12.3 Å². The average Bonchev–Trinajstić information content (AvgIpc) is 2.46. The summed E-state index contributed by atoms with van der Waals surface area (Å²) >= 11 is 0. The molecule has 0 saturated heterocycles. The van der Waals surface area contributed by atoms with E-state index >= 15 is 0 Å². The number of halogens is 1. The number of aliphatic carboxylic acids is 1. The minimum atomic E-state index is -0.824. The number of rotatable bonds is 15. The summed E-state index contributed by atoms with van der Waals surface area (Å²) in [5, 5.41) is 9.43. The molecule has 0 rings (SSSR count). The van der Waals surface area contributed by atoms with Gasteiger partial charge in [-0.3, -0.25) is 9.69 Å². The van der Waals surface area contributed by atoms with Crippen molar-refractivity contribution in [2.45, 2.75) is 110 Å². The highest BCUT2D eigenvalue weighted by Crippen LogP contribution is 2.16. The van der Waals surface area contributed by atoms with Gasteiger partial charge in [0.2, 0.25) is 0 Å². The summed E-state index contributed by atoms with van der Waals surface area (Å²) in [5.74, 6) is -0.824. The molecule has 0 aliphatic rings. The van der Waals surface area contributed by atoms with Gasteiger partial charge in [-0.25, -0.2) is 0 Å². The third-order valence-corrected chi connectivity index (χ3v) is 4.42. The molecule has 6 heteroatoms. The molecule has 24 heavy (non-hydrogen) atoms. The van der Waals surface area contributed by atoms with Crippen LogP contribution in [-0.2, 0) is 4.79 Å². The van der Waals surface area contributed by atoms with Gasteiger partial charge < -0.3 is 16.6 Å². The molecule has 3 atom stereocenters. The average molecular weight is 366 g/mol. The van der Waals surface area contributed by atoms with Crippen molar-refractivity contribution in [1.82, 2.24) is 4.90 Å². The highest BCUT2D eigenvalue weighted by molar-refractivity contribution is 5.85. The summed E-state index contributed by atoms with van der Waals surface area (Å²) in [5.41, 5.74) is 11.8. The maximum Gasteiger partial charge on any atom is 0.321 e. The normalized spacial score (nSPS) is 14.9. The quantitative estimate of drug-likeness (QED) is 0.300. The minimum absolute atomic E-state index is 0. The fourth-order valence-corrected chi connectivity index (χ4v) is 3.16. The van der Waals surface area contributed by atoms with Crippen LogP contribution in [0.5, 0.6) is 0 Å². The van der Waals surface area contributed by atoms with E-state index in [0.717, 1.165) is 12.8 Å². The monoisotopic (exact) mass is 365 g/mol. The Morgan fingerprint density at radius 2 is 1.25 bits per heavy atom. The van der Waals surface area contributed by atoms with Crippen LogP contribution in [0.4, 0.5) is 0 Å². The maximum atomic E-state index is 11.5. The van der Waals surface area contributed by atoms with Crippen LogP contribution in [-0.4, -0.2) is 34.3 Å². The van der Waals surface area contributed by atoms with E-state index in [1.165, 1.54) is 51.4 Å². The van der Waals surface area contributed by atoms with Crippen molar-refractivity contribution in [2.24, 2.45) is 11.5 Å². The van der Waals surface area contributed by atoms with Crippen LogP contribution in [0, 0.1) is 0 Å². The molecule has 0 aliphatic carbocycles. The summed E-state index contributed by atoms with van der Waals surface area (Å²) in [6.45, 7) is 5.82. The number of unbranched alkanes of at least 4 members (excludes halogenated alkanes) is 9. The number of hydrogen-bond donors (Lipinski definition) is 3. The van der Waals surface area contributed by atoms with Crippen LogP contribution in [0.25, 0.3) is 0 Å². The van der Waals surface area contributed by atoms with E-state index in [0.29, 0.717) is 6.42 Å². The topological polar surface area (TPSA) is 92.6 Å². The summed E-state index contributed by atoms with van der Waals surface area (Å²) in [7, 11) is 0. The van der Waals surface area contributed by atoms with Gasteiger partial charge in [0.15, 0.2) is 0 Å². The lowest BCUT2D eigenvalue weighted by molar-refractivity contribution is -0.145. The van der Waals surface area contributed by atoms with Gasteiger partial charge in [-0.15, -0.1) is 12.4 Å². The van der Waals surface area contributed by atoms with Crippen molar-refractivity contribution in [1.29, 1.82) is 0 Å². The lowest BCUT2D eigenvalue weighted by Crippen LogP contribution is -2.57. The van der Waals surface area contributed by atoms with Gasteiger partial charge in [0, 0.05) is 0 Å². The SMILES string of the molecule is CCCCCCCCCCCCC(C(=O)O)N(C(C)N)C(C)N.Cl. The highest BCUT2D eigenvalue weighted by Gasteiger charge is 2.29. The number of nitrogens with two attached hydrogens (primary N) is 2. The summed E-state index contributed by atoms with van der Waals surface area (Å²) in [6.07, 6.45) is 12.4. The van der Waals surface area contributed by atoms with E-state index in [-0.39, 0.29) is 24.7 Å². The molecule has 0 bridgehead atoms. The molecule has 0 aromatic heterocycles. The van der Waals surface area contributed by atoms with Gasteiger partial charge in [-0.1, -0.05) is 71.1 Å². The summed E-state index contributed by atoms with van der Waals surface area (Å²) in [6, 6.07) is -0.580. The molecule has 0 saturated carbocycles. The highest BCUT2D eigenvalue weighted by atomic mass is 35.5. The largest absolute Gasteiger partial charge is 0.480 e. The first-order valence-electron chi connectivity index (χ1n) is 9.43. The second kappa shape index (κ2) is 16.1. The smallest absolute Gasteiger partial charge is 0.321 e. The first kappa shape index (κ1) is 25.9. The summed E-state index contributed by atoms with van der Waals surface area (Å²) < 4.78 is 0. The van der Waals surface area contributed by atoms with E-state index in [1.807, 2.05) is 0 Å². The van der Waals surface area contributed by atoms with Gasteiger partial charge >= 0.3 is 5.97 Å². The molecule has 146 valence electrons. The Kier molecular flexibility index (Phi) is 17.4. The Labute approximate surface area is 154 Å². The Balaban J connectivity index is 0. The van der Waals surface area contributed by atoms with E-state index in [9.17, 15) is 9.90 Å². The molecule has 0 aliphatic heterocycles. The van der Waals surface area contributed by atoms with Crippen molar-refractivity contribution in [3.05, 3.63) is 0 Å². The van der Waals surface area contributed by atoms with Gasteiger partial charge in [-0.2, -0.15) is 0 Å². The van der Waals surface area contributed by atoms with Gasteiger partial charge in [0.25, 0.3) is 0 Å². The first-order valence-corrected chi connectivity index (χ1v) is 9.43. The third-order valence-electron chi connectivity index (χ3n) is 4.42. The van der Waals surface area contributed by atoms with Crippen LogP contribution >= 0.6 is 12.4 Å². The Morgan fingerprint density at radius 1 is 0.875 bits per heavy atom. The van der Waals surface area contributed by atoms with E-state index in [1.54, 1.807) is 18.7 Å². The molecule has 0 radical (unpaired) electrons. The standard InChI is InChI=1S/C18H39N3O2.ClH/c1-4-5-6-7-8-9-10-11-12-13-14-17(18(22)23)21(15(2)19)16(3)20;/h15-17H,4-14,19-20H2,1-3H3,(H,22,23);1H. The predicted octanol–water partition coefficient (Wildman–Crippen LogP) is 4.08. The van der Waals surface area contributed by atoms with Crippen LogP contribution in [0.1, 0.15) is 91.4 Å². The minimum Gasteiger partial charge on any atom is -0.480 e.